The number of aliphatic hydroxyl groups excluding tert-OH is 1. The van der Waals surface area contributed by atoms with Gasteiger partial charge in [0.05, 0.1) is 19.8 Å². The second-order valence-corrected chi connectivity index (χ2v) is 23.4. The molecular weight excluding hydrogens is 521 g/mol. The normalized spacial score (nSPS) is 17.5. The molecule has 0 aliphatic heterocycles. The van der Waals surface area contributed by atoms with Crippen LogP contribution in [0.25, 0.3) is 0 Å². The molecule has 1 aromatic rings. The van der Waals surface area contributed by atoms with E-state index in [1.54, 1.807) is 7.11 Å². The molecular formula is C32H58O5Si2. The van der Waals surface area contributed by atoms with Gasteiger partial charge in [0.25, 0.3) is 0 Å². The third-order valence-corrected chi connectivity index (χ3v) is 17.7. The monoisotopic (exact) mass is 578 g/mol. The summed E-state index contributed by atoms with van der Waals surface area (Å²) in [5.41, 5.74) is 1.01. The number of hydrogen-bond donors (Lipinski definition) is 1. The zero-order valence-corrected chi connectivity index (χ0v) is 29.1. The molecule has 5 nitrogen and oxygen atoms in total. The number of methoxy groups -OCH3 is 1. The molecule has 39 heavy (non-hydrogen) atoms. The van der Waals surface area contributed by atoms with E-state index < -0.39 is 34.9 Å². The standard InChI is InChI=1S/C32H58O5Si2/c1-15-16-29(37-39(13,14)32(7,8)9)30(33)28(35-23-26-18-20-27(34-10)21-19-26)22-17-24(2)25(3)36-38(11,12)31(4,5)6/h15,17-22,24-25,28-30,33H,1,16,23H2,2-14H3/b22-17-/t24-,25-,28-,29+,30+/m1/s1. The lowest BCUT2D eigenvalue weighted by Crippen LogP contribution is -2.49. The molecule has 0 saturated heterocycles. The van der Waals surface area contributed by atoms with Crippen LogP contribution in [-0.2, 0) is 20.2 Å². The van der Waals surface area contributed by atoms with Crippen molar-refractivity contribution < 1.29 is 23.4 Å². The average molecular weight is 579 g/mol. The van der Waals surface area contributed by atoms with Gasteiger partial charge in [-0.2, -0.15) is 0 Å². The Morgan fingerprint density at radius 3 is 1.85 bits per heavy atom. The Hall–Kier alpha value is -1.23. The summed E-state index contributed by atoms with van der Waals surface area (Å²) in [7, 11) is -2.38. The van der Waals surface area contributed by atoms with Crippen LogP contribution in [0.2, 0.25) is 36.3 Å². The van der Waals surface area contributed by atoms with Crippen LogP contribution in [-0.4, -0.2) is 53.3 Å². The summed E-state index contributed by atoms with van der Waals surface area (Å²) >= 11 is 0. The van der Waals surface area contributed by atoms with Crippen molar-refractivity contribution in [2.75, 3.05) is 7.11 Å². The summed E-state index contributed by atoms with van der Waals surface area (Å²) in [6.07, 6.45) is 4.72. The first-order valence-corrected chi connectivity index (χ1v) is 20.1. The molecule has 0 fully saturated rings. The number of benzene rings is 1. The minimum absolute atomic E-state index is 0.0203. The van der Waals surface area contributed by atoms with E-state index in [2.05, 4.69) is 94.2 Å². The van der Waals surface area contributed by atoms with Crippen molar-refractivity contribution in [2.24, 2.45) is 5.92 Å². The van der Waals surface area contributed by atoms with Crippen molar-refractivity contribution in [3.05, 3.63) is 54.6 Å². The summed E-state index contributed by atoms with van der Waals surface area (Å²) < 4.78 is 25.0. The van der Waals surface area contributed by atoms with Crippen molar-refractivity contribution in [3.8, 4) is 5.75 Å². The van der Waals surface area contributed by atoms with Crippen molar-refractivity contribution in [1.29, 1.82) is 0 Å². The Morgan fingerprint density at radius 2 is 1.38 bits per heavy atom. The molecule has 0 aliphatic carbocycles. The van der Waals surface area contributed by atoms with Gasteiger partial charge in [0.15, 0.2) is 16.6 Å². The quantitative estimate of drug-likeness (QED) is 0.167. The maximum Gasteiger partial charge on any atom is 0.192 e. The topological polar surface area (TPSA) is 57.2 Å². The fourth-order valence-electron chi connectivity index (χ4n) is 3.56. The fourth-order valence-corrected chi connectivity index (χ4v) is 6.40. The van der Waals surface area contributed by atoms with E-state index in [-0.39, 0.29) is 22.1 Å². The summed E-state index contributed by atoms with van der Waals surface area (Å²) in [4.78, 5) is 0. The van der Waals surface area contributed by atoms with Crippen LogP contribution in [0, 0.1) is 5.92 Å². The zero-order chi connectivity index (χ0) is 30.2. The summed E-state index contributed by atoms with van der Waals surface area (Å²) in [6.45, 7) is 31.0. The van der Waals surface area contributed by atoms with Gasteiger partial charge in [0, 0.05) is 6.10 Å². The van der Waals surface area contributed by atoms with E-state index >= 15 is 0 Å². The molecule has 0 bridgehead atoms. The third kappa shape index (κ3) is 10.9. The predicted molar refractivity (Wildman–Crippen MR) is 171 cm³/mol. The van der Waals surface area contributed by atoms with Gasteiger partial charge in [-0.1, -0.05) is 78.8 Å². The molecule has 1 aromatic carbocycles. The van der Waals surface area contributed by atoms with E-state index in [0.29, 0.717) is 13.0 Å². The van der Waals surface area contributed by atoms with Crippen LogP contribution in [0.3, 0.4) is 0 Å². The first kappa shape index (κ1) is 35.8. The first-order valence-electron chi connectivity index (χ1n) is 14.3. The van der Waals surface area contributed by atoms with Crippen LogP contribution < -0.4 is 4.74 Å². The molecule has 0 spiro atoms. The van der Waals surface area contributed by atoms with Crippen LogP contribution >= 0.6 is 0 Å². The van der Waals surface area contributed by atoms with Crippen molar-refractivity contribution in [3.63, 3.8) is 0 Å². The van der Waals surface area contributed by atoms with Gasteiger partial charge in [-0.15, -0.1) is 6.58 Å². The minimum Gasteiger partial charge on any atom is -0.497 e. The smallest absolute Gasteiger partial charge is 0.192 e. The highest BCUT2D eigenvalue weighted by Gasteiger charge is 2.42. The molecule has 0 saturated carbocycles. The Labute approximate surface area is 242 Å². The van der Waals surface area contributed by atoms with Crippen molar-refractivity contribution in [2.45, 2.75) is 129 Å². The van der Waals surface area contributed by atoms with E-state index in [1.165, 1.54) is 0 Å². The van der Waals surface area contributed by atoms with Crippen LogP contribution in [0.5, 0.6) is 5.75 Å². The molecule has 7 heteroatoms. The Morgan fingerprint density at radius 1 is 0.872 bits per heavy atom. The molecule has 0 heterocycles. The first-order chi connectivity index (χ1) is 17.8. The van der Waals surface area contributed by atoms with E-state index in [0.717, 1.165) is 11.3 Å². The highest BCUT2D eigenvalue weighted by atomic mass is 28.4. The van der Waals surface area contributed by atoms with Crippen LogP contribution in [0.15, 0.2) is 49.1 Å². The zero-order valence-electron chi connectivity index (χ0n) is 27.1. The van der Waals surface area contributed by atoms with Gasteiger partial charge in [-0.05, 0) is 73.2 Å². The van der Waals surface area contributed by atoms with Gasteiger partial charge in [0.1, 0.15) is 18.0 Å². The molecule has 0 aromatic heterocycles. The van der Waals surface area contributed by atoms with Crippen LogP contribution in [0.4, 0.5) is 0 Å². The van der Waals surface area contributed by atoms with Gasteiger partial charge in [-0.3, -0.25) is 0 Å². The lowest BCUT2D eigenvalue weighted by molar-refractivity contribution is -0.0699. The Kier molecular flexibility index (Phi) is 13.4. The van der Waals surface area contributed by atoms with E-state index in [9.17, 15) is 5.11 Å². The molecule has 1 N–H and O–H groups in total. The second kappa shape index (κ2) is 14.6. The number of ether oxygens (including phenoxy) is 2. The van der Waals surface area contributed by atoms with Gasteiger partial charge >= 0.3 is 0 Å². The SMILES string of the molecule is C=CC[C@H](O[Si](C)(C)C(C)(C)C)[C@@H](O)[C@@H](/C=C\[C@@H](C)[C@@H](C)O[Si](C)(C)C(C)(C)C)OCc1ccc(OC)cc1. The average Bonchev–Trinajstić information content (AvgIpc) is 2.81. The lowest BCUT2D eigenvalue weighted by Gasteiger charge is -2.41. The van der Waals surface area contributed by atoms with E-state index in [4.69, 9.17) is 18.3 Å². The fraction of sp³-hybridized carbons (Fsp3) is 0.688. The highest BCUT2D eigenvalue weighted by molar-refractivity contribution is 6.74. The summed E-state index contributed by atoms with van der Waals surface area (Å²) in [5.74, 6) is 0.950. The van der Waals surface area contributed by atoms with Gasteiger partial charge < -0.3 is 23.4 Å². The lowest BCUT2D eigenvalue weighted by atomic mass is 10.0. The highest BCUT2D eigenvalue weighted by Crippen LogP contribution is 2.39. The Balaban J connectivity index is 3.22. The Bertz CT molecular complexity index is 897. The van der Waals surface area contributed by atoms with Crippen molar-refractivity contribution in [1.82, 2.24) is 0 Å². The van der Waals surface area contributed by atoms with E-state index in [1.807, 2.05) is 36.4 Å². The number of aliphatic hydroxyl groups is 1. The molecule has 1 rings (SSSR count). The minimum atomic E-state index is -2.14. The largest absolute Gasteiger partial charge is 0.497 e. The molecule has 0 radical (unpaired) electrons. The molecule has 224 valence electrons. The molecule has 0 amide bonds. The van der Waals surface area contributed by atoms with Crippen LogP contribution in [0.1, 0.15) is 67.4 Å². The maximum absolute atomic E-state index is 11.7. The molecule has 0 unspecified atom stereocenters. The second-order valence-electron chi connectivity index (χ2n) is 13.9. The van der Waals surface area contributed by atoms with Gasteiger partial charge in [-0.25, -0.2) is 0 Å². The maximum atomic E-state index is 11.7. The predicted octanol–water partition coefficient (Wildman–Crippen LogP) is 8.51. The summed E-state index contributed by atoms with van der Waals surface area (Å²) in [6, 6.07) is 7.81. The summed E-state index contributed by atoms with van der Waals surface area (Å²) in [5, 5.41) is 11.8. The number of hydrogen-bond acceptors (Lipinski definition) is 5. The molecule has 0 aliphatic rings. The van der Waals surface area contributed by atoms with Crippen molar-refractivity contribution >= 4 is 16.6 Å². The van der Waals surface area contributed by atoms with Gasteiger partial charge in [0.2, 0.25) is 0 Å². The number of rotatable bonds is 15. The third-order valence-electron chi connectivity index (χ3n) is 8.60. The molecule has 5 atom stereocenters.